The molecule has 3 rings (SSSR count). The van der Waals surface area contributed by atoms with Gasteiger partial charge in [0.2, 0.25) is 0 Å². The number of nitrogens with two attached hydrogens (primary N) is 1. The molecule has 0 atom stereocenters. The summed E-state index contributed by atoms with van der Waals surface area (Å²) < 4.78 is 15.5. The van der Waals surface area contributed by atoms with Crippen LogP contribution < -0.4 is 11.1 Å². The van der Waals surface area contributed by atoms with Crippen molar-refractivity contribution in [3.8, 4) is 11.8 Å². The predicted molar refractivity (Wildman–Crippen MR) is 101 cm³/mol. The summed E-state index contributed by atoms with van der Waals surface area (Å²) in [5.74, 6) is 0.703. The van der Waals surface area contributed by atoms with Crippen molar-refractivity contribution in [3.63, 3.8) is 0 Å². The Bertz CT molecular complexity index is 928. The number of rotatable bonds is 6. The molecule has 0 aliphatic rings. The fraction of sp³-hybridized carbons (Fsp3) is 0.167. The SMILES string of the molecule is N#Cc1c(CCCNc2ccc(Br)cn2)nn(-c2ccc(F)cc2)c1N. The van der Waals surface area contributed by atoms with E-state index in [4.69, 9.17) is 5.73 Å². The van der Waals surface area contributed by atoms with Gasteiger partial charge in [0.05, 0.1) is 11.4 Å². The third-order valence-corrected chi connectivity index (χ3v) is 4.27. The van der Waals surface area contributed by atoms with Crippen molar-refractivity contribution in [2.75, 3.05) is 17.6 Å². The molecular weight excluding hydrogens is 399 g/mol. The van der Waals surface area contributed by atoms with E-state index in [2.05, 4.69) is 37.4 Å². The molecule has 26 heavy (non-hydrogen) atoms. The quantitative estimate of drug-likeness (QED) is 0.600. The van der Waals surface area contributed by atoms with Gasteiger partial charge in [0.25, 0.3) is 0 Å². The van der Waals surface area contributed by atoms with Crippen molar-refractivity contribution in [1.29, 1.82) is 5.26 Å². The first-order valence-electron chi connectivity index (χ1n) is 7.97. The number of aromatic nitrogens is 3. The highest BCUT2D eigenvalue weighted by Crippen LogP contribution is 2.22. The van der Waals surface area contributed by atoms with Gasteiger partial charge in [-0.25, -0.2) is 14.1 Å². The number of halogens is 2. The number of nitrogens with one attached hydrogen (secondary N) is 1. The van der Waals surface area contributed by atoms with E-state index in [0.29, 0.717) is 29.9 Å². The normalized spacial score (nSPS) is 10.5. The minimum absolute atomic E-state index is 0.261. The zero-order valence-electron chi connectivity index (χ0n) is 13.8. The molecule has 0 spiro atoms. The van der Waals surface area contributed by atoms with Gasteiger partial charge in [-0.2, -0.15) is 10.4 Å². The molecule has 0 radical (unpaired) electrons. The molecule has 3 aromatic rings. The lowest BCUT2D eigenvalue weighted by Crippen LogP contribution is -2.05. The number of hydrogen-bond donors (Lipinski definition) is 2. The lowest BCUT2D eigenvalue weighted by molar-refractivity contribution is 0.627. The Balaban J connectivity index is 1.68. The molecular formula is C18H16BrFN6. The van der Waals surface area contributed by atoms with Gasteiger partial charge < -0.3 is 11.1 Å². The van der Waals surface area contributed by atoms with E-state index < -0.39 is 0 Å². The second kappa shape index (κ2) is 7.97. The highest BCUT2D eigenvalue weighted by atomic mass is 79.9. The molecule has 8 heteroatoms. The average molecular weight is 415 g/mol. The lowest BCUT2D eigenvalue weighted by Gasteiger charge is -2.04. The number of aryl methyl sites for hydroxylation is 1. The van der Waals surface area contributed by atoms with Gasteiger partial charge in [-0.05, 0) is 65.2 Å². The smallest absolute Gasteiger partial charge is 0.145 e. The van der Waals surface area contributed by atoms with Crippen LogP contribution in [-0.2, 0) is 6.42 Å². The molecule has 2 heterocycles. The van der Waals surface area contributed by atoms with E-state index in [0.717, 1.165) is 16.7 Å². The number of nitriles is 1. The van der Waals surface area contributed by atoms with Crippen LogP contribution >= 0.6 is 15.9 Å². The minimum atomic E-state index is -0.340. The van der Waals surface area contributed by atoms with Crippen LogP contribution in [0.25, 0.3) is 5.69 Å². The first-order chi connectivity index (χ1) is 12.6. The molecule has 0 saturated heterocycles. The van der Waals surface area contributed by atoms with E-state index in [-0.39, 0.29) is 11.6 Å². The first-order valence-corrected chi connectivity index (χ1v) is 8.76. The Morgan fingerprint density at radius 2 is 2.00 bits per heavy atom. The molecule has 132 valence electrons. The molecule has 1 aromatic carbocycles. The van der Waals surface area contributed by atoms with Gasteiger partial charge in [0.15, 0.2) is 0 Å². The highest BCUT2D eigenvalue weighted by molar-refractivity contribution is 9.10. The number of anilines is 2. The van der Waals surface area contributed by atoms with E-state index >= 15 is 0 Å². The Labute approximate surface area is 158 Å². The van der Waals surface area contributed by atoms with Crippen LogP contribution in [0.2, 0.25) is 0 Å². The monoisotopic (exact) mass is 414 g/mol. The minimum Gasteiger partial charge on any atom is -0.382 e. The van der Waals surface area contributed by atoms with E-state index in [1.54, 1.807) is 18.3 Å². The molecule has 0 amide bonds. The number of nitrogens with zero attached hydrogens (tertiary/aromatic N) is 4. The van der Waals surface area contributed by atoms with Gasteiger partial charge in [-0.15, -0.1) is 0 Å². The fourth-order valence-corrected chi connectivity index (χ4v) is 2.74. The van der Waals surface area contributed by atoms with Gasteiger partial charge in [0.1, 0.15) is 29.1 Å². The summed E-state index contributed by atoms with van der Waals surface area (Å²) in [5.41, 5.74) is 7.65. The van der Waals surface area contributed by atoms with Crippen molar-refractivity contribution >= 4 is 27.6 Å². The van der Waals surface area contributed by atoms with Gasteiger partial charge in [0, 0.05) is 17.2 Å². The van der Waals surface area contributed by atoms with Crippen molar-refractivity contribution in [1.82, 2.24) is 14.8 Å². The topological polar surface area (TPSA) is 92.5 Å². The molecule has 0 aliphatic heterocycles. The molecule has 0 saturated carbocycles. The fourth-order valence-electron chi connectivity index (χ4n) is 2.51. The summed E-state index contributed by atoms with van der Waals surface area (Å²) in [7, 11) is 0. The maximum atomic E-state index is 13.1. The molecule has 0 unspecified atom stereocenters. The highest BCUT2D eigenvalue weighted by Gasteiger charge is 2.16. The summed E-state index contributed by atoms with van der Waals surface area (Å²) in [5, 5.41) is 17.0. The van der Waals surface area contributed by atoms with Crippen LogP contribution in [0.5, 0.6) is 0 Å². The standard InChI is InChI=1S/C18H16BrFN6/c19-12-3-8-17(24-11-12)23-9-1-2-16-15(10-21)18(22)26(25-16)14-6-4-13(20)5-7-14/h3-8,11H,1-2,9,22H2,(H,23,24). The Hall–Kier alpha value is -2.92. The number of nitrogen functional groups attached to an aromatic ring is 1. The summed E-state index contributed by atoms with van der Waals surface area (Å²) >= 11 is 3.34. The van der Waals surface area contributed by atoms with E-state index in [1.807, 2.05) is 12.1 Å². The predicted octanol–water partition coefficient (Wildman–Crippen LogP) is 3.67. The molecule has 0 fully saturated rings. The average Bonchev–Trinajstić information content (AvgIpc) is 2.96. The maximum absolute atomic E-state index is 13.1. The Morgan fingerprint density at radius 1 is 1.23 bits per heavy atom. The van der Waals surface area contributed by atoms with Crippen molar-refractivity contribution in [3.05, 3.63) is 64.1 Å². The summed E-state index contributed by atoms with van der Waals surface area (Å²) in [6.07, 6.45) is 3.07. The van der Waals surface area contributed by atoms with Crippen LogP contribution in [-0.4, -0.2) is 21.3 Å². The molecule has 2 aromatic heterocycles. The second-order valence-corrected chi connectivity index (χ2v) is 6.51. The van der Waals surface area contributed by atoms with Crippen LogP contribution in [0.1, 0.15) is 17.7 Å². The number of hydrogen-bond acceptors (Lipinski definition) is 5. The van der Waals surface area contributed by atoms with Crippen molar-refractivity contribution in [2.45, 2.75) is 12.8 Å². The van der Waals surface area contributed by atoms with Crippen LogP contribution in [0.3, 0.4) is 0 Å². The summed E-state index contributed by atoms with van der Waals surface area (Å²) in [6.45, 7) is 0.683. The van der Waals surface area contributed by atoms with E-state index in [9.17, 15) is 9.65 Å². The Morgan fingerprint density at radius 3 is 2.65 bits per heavy atom. The van der Waals surface area contributed by atoms with Gasteiger partial charge in [-0.1, -0.05) is 0 Å². The second-order valence-electron chi connectivity index (χ2n) is 5.60. The maximum Gasteiger partial charge on any atom is 0.145 e. The number of pyridine rings is 1. The van der Waals surface area contributed by atoms with Crippen molar-refractivity contribution in [2.24, 2.45) is 0 Å². The van der Waals surface area contributed by atoms with Gasteiger partial charge >= 0.3 is 0 Å². The third-order valence-electron chi connectivity index (χ3n) is 3.80. The largest absolute Gasteiger partial charge is 0.382 e. The third kappa shape index (κ3) is 4.00. The van der Waals surface area contributed by atoms with Crippen LogP contribution in [0, 0.1) is 17.1 Å². The molecule has 0 aliphatic carbocycles. The lowest BCUT2D eigenvalue weighted by atomic mass is 10.1. The summed E-state index contributed by atoms with van der Waals surface area (Å²) in [6, 6.07) is 11.7. The number of benzene rings is 1. The zero-order valence-corrected chi connectivity index (χ0v) is 15.4. The van der Waals surface area contributed by atoms with Crippen molar-refractivity contribution < 1.29 is 4.39 Å². The molecule has 3 N–H and O–H groups in total. The van der Waals surface area contributed by atoms with E-state index in [1.165, 1.54) is 16.8 Å². The summed E-state index contributed by atoms with van der Waals surface area (Å²) in [4.78, 5) is 4.24. The van der Waals surface area contributed by atoms with Crippen LogP contribution in [0.4, 0.5) is 16.0 Å². The molecule has 6 nitrogen and oxygen atoms in total. The first kappa shape index (κ1) is 17.9. The molecule has 0 bridgehead atoms. The van der Waals surface area contributed by atoms with Gasteiger partial charge in [-0.3, -0.25) is 0 Å². The van der Waals surface area contributed by atoms with Crippen LogP contribution in [0.15, 0.2) is 47.1 Å². The Kier molecular flexibility index (Phi) is 5.49. The zero-order chi connectivity index (χ0) is 18.5.